The van der Waals surface area contributed by atoms with Gasteiger partial charge in [-0.25, -0.2) is 4.98 Å². The summed E-state index contributed by atoms with van der Waals surface area (Å²) in [6.07, 6.45) is 0. The average Bonchev–Trinajstić information content (AvgIpc) is 2.93. The number of thioether (sulfide) groups is 1. The normalized spacial score (nSPS) is 12.2. The number of benzene rings is 1. The van der Waals surface area contributed by atoms with Gasteiger partial charge in [0, 0.05) is 24.0 Å². The number of amides is 1. The van der Waals surface area contributed by atoms with Crippen LogP contribution in [0.15, 0.2) is 23.0 Å². The number of hydrogen-bond donors (Lipinski definition) is 2. The lowest BCUT2D eigenvalue weighted by Gasteiger charge is -2.19. The molecule has 0 aliphatic heterocycles. The van der Waals surface area contributed by atoms with Crippen LogP contribution in [0, 0.1) is 13.8 Å². The minimum atomic E-state index is -0.336. The Balaban J connectivity index is 1.70. The van der Waals surface area contributed by atoms with Crippen molar-refractivity contribution < 1.29 is 4.79 Å². The zero-order chi connectivity index (χ0) is 21.3. The number of hydrogen-bond acceptors (Lipinski definition) is 6. The van der Waals surface area contributed by atoms with Crippen molar-refractivity contribution in [3.63, 3.8) is 0 Å². The van der Waals surface area contributed by atoms with Crippen molar-refractivity contribution >= 4 is 62.2 Å². The van der Waals surface area contributed by atoms with Gasteiger partial charge in [-0.3, -0.25) is 9.59 Å². The highest BCUT2D eigenvalue weighted by molar-refractivity contribution is 7.99. The van der Waals surface area contributed by atoms with E-state index in [1.165, 1.54) is 23.1 Å². The molecule has 9 heteroatoms. The number of anilines is 2. The van der Waals surface area contributed by atoms with Crippen LogP contribution in [-0.4, -0.2) is 35.2 Å². The zero-order valence-electron chi connectivity index (χ0n) is 16.9. The number of aromatic amines is 1. The quantitative estimate of drug-likeness (QED) is 0.574. The first-order valence-corrected chi connectivity index (χ1v) is 11.3. The predicted molar refractivity (Wildman–Crippen MR) is 125 cm³/mol. The fraction of sp³-hybridized carbons (Fsp3) is 0.350. The number of rotatable bonds is 6. The van der Waals surface area contributed by atoms with Crippen molar-refractivity contribution in [2.24, 2.45) is 0 Å². The van der Waals surface area contributed by atoms with Crippen LogP contribution in [0.2, 0.25) is 5.02 Å². The van der Waals surface area contributed by atoms with Gasteiger partial charge in [0.25, 0.3) is 5.56 Å². The van der Waals surface area contributed by atoms with E-state index in [0.717, 1.165) is 21.0 Å². The number of aryl methyl sites for hydroxylation is 2. The Morgan fingerprint density at radius 2 is 2.10 bits per heavy atom. The third-order valence-corrected chi connectivity index (χ3v) is 7.12. The van der Waals surface area contributed by atoms with E-state index in [1.54, 1.807) is 12.1 Å². The fourth-order valence-corrected chi connectivity index (χ4v) is 4.86. The summed E-state index contributed by atoms with van der Waals surface area (Å²) < 4.78 is 0. The van der Waals surface area contributed by atoms with Crippen molar-refractivity contribution in [1.82, 2.24) is 9.97 Å². The third kappa shape index (κ3) is 4.76. The van der Waals surface area contributed by atoms with Crippen molar-refractivity contribution in [1.29, 1.82) is 0 Å². The second-order valence-electron chi connectivity index (χ2n) is 6.97. The summed E-state index contributed by atoms with van der Waals surface area (Å²) in [6.45, 7) is 5.75. The maximum absolute atomic E-state index is 12.7. The first-order valence-electron chi connectivity index (χ1n) is 9.05. The van der Waals surface area contributed by atoms with Gasteiger partial charge in [-0.1, -0.05) is 11.6 Å². The number of halogens is 1. The molecule has 0 bridgehead atoms. The number of carbonyl (C=O) groups excluding carboxylic acids is 1. The van der Waals surface area contributed by atoms with Crippen molar-refractivity contribution in [3.8, 4) is 0 Å². The van der Waals surface area contributed by atoms with Gasteiger partial charge in [0.2, 0.25) is 5.91 Å². The van der Waals surface area contributed by atoms with Gasteiger partial charge in [0.15, 0.2) is 0 Å². The van der Waals surface area contributed by atoms with Crippen LogP contribution in [-0.2, 0) is 10.5 Å². The van der Waals surface area contributed by atoms with Gasteiger partial charge < -0.3 is 15.2 Å². The molecule has 1 unspecified atom stereocenters. The monoisotopic (exact) mass is 450 g/mol. The molecule has 3 aromatic rings. The van der Waals surface area contributed by atoms with Crippen LogP contribution in [0.25, 0.3) is 10.2 Å². The Kier molecular flexibility index (Phi) is 6.55. The summed E-state index contributed by atoms with van der Waals surface area (Å²) in [4.78, 5) is 36.2. The van der Waals surface area contributed by atoms with Crippen LogP contribution < -0.4 is 15.8 Å². The Morgan fingerprint density at radius 1 is 1.38 bits per heavy atom. The largest absolute Gasteiger partial charge is 0.376 e. The minimum Gasteiger partial charge on any atom is -0.376 e. The number of nitrogens with zero attached hydrogens (tertiary/aromatic N) is 2. The summed E-state index contributed by atoms with van der Waals surface area (Å²) in [5, 5.41) is 3.82. The topological polar surface area (TPSA) is 78.1 Å². The maximum Gasteiger partial charge on any atom is 0.259 e. The summed E-state index contributed by atoms with van der Waals surface area (Å²) in [5.74, 6) is 0.878. The number of nitrogens with one attached hydrogen (secondary N) is 2. The molecule has 0 saturated carbocycles. The molecule has 1 atom stereocenters. The molecule has 29 heavy (non-hydrogen) atoms. The van der Waals surface area contributed by atoms with Gasteiger partial charge in [-0.05, 0) is 44.5 Å². The lowest BCUT2D eigenvalue weighted by atomic mass is 10.2. The molecule has 0 aliphatic rings. The van der Waals surface area contributed by atoms with Crippen LogP contribution >= 0.6 is 34.7 Å². The van der Waals surface area contributed by atoms with E-state index < -0.39 is 0 Å². The lowest BCUT2D eigenvalue weighted by molar-refractivity contribution is -0.115. The molecule has 1 aromatic carbocycles. The highest BCUT2D eigenvalue weighted by atomic mass is 35.5. The number of H-pyrrole nitrogens is 1. The average molecular weight is 451 g/mol. The first-order chi connectivity index (χ1) is 13.7. The zero-order valence-corrected chi connectivity index (χ0v) is 19.3. The highest BCUT2D eigenvalue weighted by Crippen LogP contribution is 2.29. The third-order valence-electron chi connectivity index (χ3n) is 4.63. The number of carbonyl (C=O) groups is 1. The molecule has 6 nitrogen and oxygen atoms in total. The number of thiophene rings is 1. The molecule has 0 fully saturated rings. The molecule has 2 N–H and O–H groups in total. The summed E-state index contributed by atoms with van der Waals surface area (Å²) in [7, 11) is 3.81. The molecule has 0 aliphatic carbocycles. The molecule has 1 amide bonds. The second-order valence-corrected chi connectivity index (χ2v) is 9.94. The van der Waals surface area contributed by atoms with E-state index in [0.29, 0.717) is 27.7 Å². The molecule has 0 radical (unpaired) electrons. The minimum absolute atomic E-state index is 0.126. The first kappa shape index (κ1) is 21.7. The van der Waals surface area contributed by atoms with Crippen LogP contribution in [0.4, 0.5) is 11.4 Å². The maximum atomic E-state index is 12.7. The Labute approximate surface area is 182 Å². The van der Waals surface area contributed by atoms with E-state index in [2.05, 4.69) is 15.3 Å². The predicted octanol–water partition coefficient (Wildman–Crippen LogP) is 4.58. The van der Waals surface area contributed by atoms with Crippen molar-refractivity contribution in [2.45, 2.75) is 31.8 Å². The van der Waals surface area contributed by atoms with E-state index in [4.69, 9.17) is 11.6 Å². The van der Waals surface area contributed by atoms with Gasteiger partial charge in [-0.15, -0.1) is 23.1 Å². The highest BCUT2D eigenvalue weighted by Gasteiger charge is 2.18. The molecular formula is C20H23ClN4O2S2. The van der Waals surface area contributed by atoms with E-state index in [-0.39, 0.29) is 16.7 Å². The SMILES string of the molecule is Cc1sc2nc(CSC(C)C(=O)Nc3cc(Cl)ccc3N(C)C)[nH]c(=O)c2c1C. The summed E-state index contributed by atoms with van der Waals surface area (Å²) >= 11 is 9.02. The smallest absolute Gasteiger partial charge is 0.259 e. The van der Waals surface area contributed by atoms with E-state index in [1.807, 2.05) is 45.8 Å². The second kappa shape index (κ2) is 8.77. The van der Waals surface area contributed by atoms with Crippen LogP contribution in [0.3, 0.4) is 0 Å². The number of fused-ring (bicyclic) bond motifs is 1. The Morgan fingerprint density at radius 3 is 2.79 bits per heavy atom. The van der Waals surface area contributed by atoms with E-state index in [9.17, 15) is 9.59 Å². The standard InChI is InChI=1S/C20H23ClN4O2S2/c1-10-11(2)29-20-17(10)19(27)23-16(24-20)9-28-12(3)18(26)22-14-8-13(21)6-7-15(14)25(4)5/h6-8,12H,9H2,1-5H3,(H,22,26)(H,23,24,27). The van der Waals surface area contributed by atoms with Gasteiger partial charge in [0.1, 0.15) is 10.7 Å². The molecule has 0 spiro atoms. The van der Waals surface area contributed by atoms with Crippen molar-refractivity contribution in [3.05, 3.63) is 49.8 Å². The van der Waals surface area contributed by atoms with Gasteiger partial charge >= 0.3 is 0 Å². The Hall–Kier alpha value is -2.03. The molecule has 2 heterocycles. The van der Waals surface area contributed by atoms with Gasteiger partial charge in [0.05, 0.1) is 27.8 Å². The van der Waals surface area contributed by atoms with E-state index >= 15 is 0 Å². The fourth-order valence-electron chi connectivity index (χ4n) is 2.88. The molecular weight excluding hydrogens is 428 g/mol. The molecule has 3 rings (SSSR count). The van der Waals surface area contributed by atoms with Crippen LogP contribution in [0.5, 0.6) is 0 Å². The summed E-state index contributed by atoms with van der Waals surface area (Å²) in [6, 6.07) is 5.39. The molecule has 154 valence electrons. The van der Waals surface area contributed by atoms with Crippen LogP contribution in [0.1, 0.15) is 23.2 Å². The van der Waals surface area contributed by atoms with Gasteiger partial charge in [-0.2, -0.15) is 0 Å². The molecule has 0 saturated heterocycles. The number of aromatic nitrogens is 2. The summed E-state index contributed by atoms with van der Waals surface area (Å²) in [5.41, 5.74) is 2.39. The Bertz CT molecular complexity index is 1120. The molecule has 2 aromatic heterocycles. The van der Waals surface area contributed by atoms with Crippen molar-refractivity contribution in [2.75, 3.05) is 24.3 Å². The lowest BCUT2D eigenvalue weighted by Crippen LogP contribution is -2.24.